The van der Waals surface area contributed by atoms with E-state index in [1.165, 1.54) is 12.4 Å². The van der Waals surface area contributed by atoms with Gasteiger partial charge in [-0.2, -0.15) is 5.10 Å². The van der Waals surface area contributed by atoms with E-state index < -0.39 is 0 Å². The maximum atomic E-state index is 11.7. The maximum Gasteiger partial charge on any atom is 0.272 e. The predicted molar refractivity (Wildman–Crippen MR) is 80.1 cm³/mol. The highest BCUT2D eigenvalue weighted by Crippen LogP contribution is 2.11. The molecule has 2 aromatic rings. The average Bonchev–Trinajstić information content (AvgIpc) is 2.54. The topological polar surface area (TPSA) is 63.6 Å². The van der Waals surface area contributed by atoms with Gasteiger partial charge in [0.25, 0.3) is 5.91 Å². The summed E-state index contributed by atoms with van der Waals surface area (Å²) in [4.78, 5) is 15.6. The molecular formula is C16H13N3O2. The summed E-state index contributed by atoms with van der Waals surface area (Å²) in [6, 6.07) is 10.6. The lowest BCUT2D eigenvalue weighted by molar-refractivity contribution is 0.0955. The standard InChI is InChI=1S/C16H13N3O2/c1-2-9-21-15-7-3-5-13(10-15)11-18-19-16(20)14-6-4-8-17-12-14/h1,3-8,10-12H,9H2,(H,19,20)/b18-11-. The zero-order valence-electron chi connectivity index (χ0n) is 11.2. The Balaban J connectivity index is 1.95. The Morgan fingerprint density at radius 3 is 3.10 bits per heavy atom. The van der Waals surface area contributed by atoms with Gasteiger partial charge in [0, 0.05) is 12.4 Å². The molecule has 1 amide bonds. The summed E-state index contributed by atoms with van der Waals surface area (Å²) >= 11 is 0. The Kier molecular flexibility index (Phi) is 5.07. The number of terminal acetylenes is 1. The van der Waals surface area contributed by atoms with Gasteiger partial charge in [-0.25, -0.2) is 5.43 Å². The molecule has 0 radical (unpaired) electrons. The van der Waals surface area contributed by atoms with E-state index in [9.17, 15) is 4.79 Å². The number of hydrogen-bond donors (Lipinski definition) is 1. The van der Waals surface area contributed by atoms with Gasteiger partial charge in [0.05, 0.1) is 11.8 Å². The van der Waals surface area contributed by atoms with Gasteiger partial charge < -0.3 is 4.74 Å². The number of pyridine rings is 1. The molecule has 0 fully saturated rings. The molecule has 0 spiro atoms. The van der Waals surface area contributed by atoms with Crippen molar-refractivity contribution in [1.82, 2.24) is 10.4 Å². The molecule has 0 aliphatic rings. The molecule has 21 heavy (non-hydrogen) atoms. The first-order valence-electron chi connectivity index (χ1n) is 6.19. The largest absolute Gasteiger partial charge is 0.481 e. The number of aromatic nitrogens is 1. The molecule has 0 aliphatic heterocycles. The summed E-state index contributed by atoms with van der Waals surface area (Å²) < 4.78 is 5.30. The molecule has 1 aromatic heterocycles. The predicted octanol–water partition coefficient (Wildman–Crippen LogP) is 1.86. The first-order valence-corrected chi connectivity index (χ1v) is 6.19. The van der Waals surface area contributed by atoms with Crippen LogP contribution in [0.25, 0.3) is 0 Å². The minimum absolute atomic E-state index is 0.207. The van der Waals surface area contributed by atoms with Crippen LogP contribution < -0.4 is 10.2 Å². The molecule has 104 valence electrons. The minimum Gasteiger partial charge on any atom is -0.481 e. The lowest BCUT2D eigenvalue weighted by atomic mass is 10.2. The number of rotatable bonds is 5. The Morgan fingerprint density at radius 1 is 1.43 bits per heavy atom. The quantitative estimate of drug-likeness (QED) is 0.516. The van der Waals surface area contributed by atoms with Gasteiger partial charge in [-0.15, -0.1) is 6.42 Å². The van der Waals surface area contributed by atoms with Crippen LogP contribution in [0, 0.1) is 12.3 Å². The van der Waals surface area contributed by atoms with Crippen LogP contribution in [0.5, 0.6) is 5.75 Å². The molecule has 5 nitrogen and oxygen atoms in total. The van der Waals surface area contributed by atoms with Crippen LogP contribution in [0.2, 0.25) is 0 Å². The highest BCUT2D eigenvalue weighted by atomic mass is 16.5. The Morgan fingerprint density at radius 2 is 2.33 bits per heavy atom. The van der Waals surface area contributed by atoms with Crippen LogP contribution in [-0.2, 0) is 0 Å². The second kappa shape index (κ2) is 7.46. The molecule has 0 atom stereocenters. The van der Waals surface area contributed by atoms with Gasteiger partial charge in [0.2, 0.25) is 0 Å². The van der Waals surface area contributed by atoms with Crippen molar-refractivity contribution in [3.8, 4) is 18.1 Å². The summed E-state index contributed by atoms with van der Waals surface area (Å²) in [5, 5.41) is 3.89. The molecule has 1 N–H and O–H groups in total. The van der Waals surface area contributed by atoms with Crippen molar-refractivity contribution in [2.24, 2.45) is 5.10 Å². The van der Waals surface area contributed by atoms with E-state index in [4.69, 9.17) is 11.2 Å². The summed E-state index contributed by atoms with van der Waals surface area (Å²) in [6.45, 7) is 0.207. The van der Waals surface area contributed by atoms with Crippen LogP contribution in [-0.4, -0.2) is 23.7 Å². The van der Waals surface area contributed by atoms with Crippen molar-refractivity contribution >= 4 is 12.1 Å². The Hall–Kier alpha value is -3.13. The lowest BCUT2D eigenvalue weighted by Gasteiger charge is -2.02. The summed E-state index contributed by atoms with van der Waals surface area (Å²) in [7, 11) is 0. The molecule has 2 rings (SSSR count). The first kappa shape index (κ1) is 14.3. The Bertz CT molecular complexity index is 675. The van der Waals surface area contributed by atoms with Crippen molar-refractivity contribution in [3.05, 3.63) is 59.9 Å². The molecule has 0 bridgehead atoms. The number of benzene rings is 1. The fourth-order valence-electron chi connectivity index (χ4n) is 1.54. The third kappa shape index (κ3) is 4.48. The van der Waals surface area contributed by atoms with Crippen LogP contribution in [0.1, 0.15) is 15.9 Å². The Labute approximate surface area is 122 Å². The third-order valence-corrected chi connectivity index (χ3v) is 2.48. The van der Waals surface area contributed by atoms with Gasteiger partial charge in [0.15, 0.2) is 0 Å². The fraction of sp³-hybridized carbons (Fsp3) is 0.0625. The van der Waals surface area contributed by atoms with E-state index in [2.05, 4.69) is 21.4 Å². The SMILES string of the molecule is C#CCOc1cccc(/C=N\NC(=O)c2cccnc2)c1. The number of hydrogen-bond acceptors (Lipinski definition) is 4. The third-order valence-electron chi connectivity index (χ3n) is 2.48. The van der Waals surface area contributed by atoms with E-state index >= 15 is 0 Å². The number of carbonyl (C=O) groups excluding carboxylic acids is 1. The van der Waals surface area contributed by atoms with Crippen LogP contribution in [0.4, 0.5) is 0 Å². The summed E-state index contributed by atoms with van der Waals surface area (Å²) in [5.41, 5.74) is 3.66. The van der Waals surface area contributed by atoms with Crippen molar-refractivity contribution in [1.29, 1.82) is 0 Å². The normalized spacial score (nSPS) is 10.0. The maximum absolute atomic E-state index is 11.7. The number of nitrogens with one attached hydrogen (secondary N) is 1. The zero-order chi connectivity index (χ0) is 14.9. The van der Waals surface area contributed by atoms with E-state index in [1.54, 1.807) is 30.5 Å². The molecule has 0 saturated heterocycles. The van der Waals surface area contributed by atoms with E-state index in [0.29, 0.717) is 11.3 Å². The number of hydrazone groups is 1. The molecule has 0 saturated carbocycles. The molecule has 0 unspecified atom stereocenters. The molecule has 1 aromatic carbocycles. The van der Waals surface area contributed by atoms with Crippen molar-refractivity contribution in [2.45, 2.75) is 0 Å². The van der Waals surface area contributed by atoms with Crippen molar-refractivity contribution in [2.75, 3.05) is 6.61 Å². The van der Waals surface area contributed by atoms with Gasteiger partial charge in [-0.1, -0.05) is 18.1 Å². The second-order valence-electron chi connectivity index (χ2n) is 4.01. The zero-order valence-corrected chi connectivity index (χ0v) is 11.2. The van der Waals surface area contributed by atoms with Crippen molar-refractivity contribution < 1.29 is 9.53 Å². The first-order chi connectivity index (χ1) is 10.3. The van der Waals surface area contributed by atoms with E-state index in [0.717, 1.165) is 5.56 Å². The minimum atomic E-state index is -0.320. The average molecular weight is 279 g/mol. The van der Waals surface area contributed by atoms with Gasteiger partial charge in [-0.05, 0) is 29.8 Å². The monoisotopic (exact) mass is 279 g/mol. The summed E-state index contributed by atoms with van der Waals surface area (Å²) in [5.74, 6) is 2.72. The number of amides is 1. The van der Waals surface area contributed by atoms with Crippen molar-refractivity contribution in [3.63, 3.8) is 0 Å². The highest BCUT2D eigenvalue weighted by molar-refractivity contribution is 5.94. The number of carbonyl (C=O) groups is 1. The highest BCUT2D eigenvalue weighted by Gasteiger charge is 2.02. The molecule has 0 aliphatic carbocycles. The number of nitrogens with zero attached hydrogens (tertiary/aromatic N) is 2. The van der Waals surface area contributed by atoms with E-state index in [-0.39, 0.29) is 12.5 Å². The summed E-state index contributed by atoms with van der Waals surface area (Å²) in [6.07, 6.45) is 9.72. The van der Waals surface area contributed by atoms with Gasteiger partial charge >= 0.3 is 0 Å². The number of ether oxygens (including phenoxy) is 1. The van der Waals surface area contributed by atoms with Crippen LogP contribution in [0.15, 0.2) is 53.9 Å². The molecule has 1 heterocycles. The van der Waals surface area contributed by atoms with Gasteiger partial charge in [0.1, 0.15) is 12.4 Å². The van der Waals surface area contributed by atoms with Gasteiger partial charge in [-0.3, -0.25) is 9.78 Å². The van der Waals surface area contributed by atoms with E-state index in [1.807, 2.05) is 12.1 Å². The molecular weight excluding hydrogens is 266 g/mol. The fourth-order valence-corrected chi connectivity index (χ4v) is 1.54. The lowest BCUT2D eigenvalue weighted by Crippen LogP contribution is -2.17. The van der Waals surface area contributed by atoms with Crippen LogP contribution in [0.3, 0.4) is 0 Å². The molecule has 5 heteroatoms. The van der Waals surface area contributed by atoms with Crippen LogP contribution >= 0.6 is 0 Å². The second-order valence-corrected chi connectivity index (χ2v) is 4.01. The smallest absolute Gasteiger partial charge is 0.272 e.